The van der Waals surface area contributed by atoms with E-state index in [1.807, 2.05) is 19.1 Å². The van der Waals surface area contributed by atoms with Crippen molar-refractivity contribution in [1.29, 1.82) is 0 Å². The molecule has 1 aromatic carbocycles. The summed E-state index contributed by atoms with van der Waals surface area (Å²) >= 11 is 1.36. The molecule has 1 atom stereocenters. The molecule has 1 fully saturated rings. The van der Waals surface area contributed by atoms with E-state index < -0.39 is 0 Å². The Balaban J connectivity index is 1.66. The maximum Gasteiger partial charge on any atom is 0.230 e. The lowest BCUT2D eigenvalue weighted by atomic mass is 10.1. The number of aryl methyl sites for hydroxylation is 1. The Morgan fingerprint density at radius 2 is 2.22 bits per heavy atom. The van der Waals surface area contributed by atoms with Crippen LogP contribution in [-0.4, -0.2) is 37.9 Å². The Morgan fingerprint density at radius 1 is 1.43 bits per heavy atom. The molecule has 0 spiro atoms. The van der Waals surface area contributed by atoms with Crippen LogP contribution >= 0.6 is 11.8 Å². The summed E-state index contributed by atoms with van der Waals surface area (Å²) in [7, 11) is 0. The fourth-order valence-corrected chi connectivity index (χ4v) is 3.22. The van der Waals surface area contributed by atoms with Gasteiger partial charge in [0.25, 0.3) is 0 Å². The van der Waals surface area contributed by atoms with Crippen LogP contribution in [0.3, 0.4) is 0 Å². The van der Waals surface area contributed by atoms with Crippen LogP contribution in [-0.2, 0) is 4.79 Å². The van der Waals surface area contributed by atoms with Crippen molar-refractivity contribution < 1.29 is 4.79 Å². The fraction of sp³-hybridized carbons (Fsp3) is 0.500. The third kappa shape index (κ3) is 3.72. The number of hydrogen-bond donors (Lipinski definition) is 1. The standard InChI is InChI=1S/C16H21N5OS/c1-10-5-4-6-14(11(10)2)21-16(18-19-20-21)23-9-15(22)17-12(3)13-7-8-13/h4-6,12-13H,7-9H2,1-3H3,(H,17,22). The van der Waals surface area contributed by atoms with E-state index >= 15 is 0 Å². The molecule has 3 rings (SSSR count). The van der Waals surface area contributed by atoms with E-state index in [1.165, 1.54) is 30.2 Å². The lowest BCUT2D eigenvalue weighted by Crippen LogP contribution is -2.35. The quantitative estimate of drug-likeness (QED) is 0.822. The van der Waals surface area contributed by atoms with Crippen LogP contribution in [0, 0.1) is 19.8 Å². The van der Waals surface area contributed by atoms with Gasteiger partial charge in [0.15, 0.2) is 0 Å². The Hall–Kier alpha value is -1.89. The van der Waals surface area contributed by atoms with Gasteiger partial charge in [-0.15, -0.1) is 5.10 Å². The number of hydrogen-bond acceptors (Lipinski definition) is 5. The summed E-state index contributed by atoms with van der Waals surface area (Å²) in [5, 5.41) is 15.6. The molecule has 23 heavy (non-hydrogen) atoms. The maximum absolute atomic E-state index is 12.0. The van der Waals surface area contributed by atoms with Crippen molar-refractivity contribution in [2.24, 2.45) is 5.92 Å². The second-order valence-electron chi connectivity index (χ2n) is 6.07. The zero-order chi connectivity index (χ0) is 16.4. The summed E-state index contributed by atoms with van der Waals surface area (Å²) in [6, 6.07) is 6.29. The highest BCUT2D eigenvalue weighted by Crippen LogP contribution is 2.32. The molecule has 1 heterocycles. The number of tetrazole rings is 1. The van der Waals surface area contributed by atoms with Gasteiger partial charge in [0.2, 0.25) is 11.1 Å². The van der Waals surface area contributed by atoms with E-state index in [0.29, 0.717) is 16.8 Å². The first-order valence-electron chi connectivity index (χ1n) is 7.83. The van der Waals surface area contributed by atoms with Gasteiger partial charge in [-0.1, -0.05) is 23.9 Å². The van der Waals surface area contributed by atoms with E-state index in [9.17, 15) is 4.79 Å². The van der Waals surface area contributed by atoms with Crippen LogP contribution in [0.5, 0.6) is 0 Å². The van der Waals surface area contributed by atoms with Gasteiger partial charge in [-0.2, -0.15) is 4.68 Å². The number of aromatic nitrogens is 4. The monoisotopic (exact) mass is 331 g/mol. The summed E-state index contributed by atoms with van der Waals surface area (Å²) in [6.07, 6.45) is 2.44. The highest BCUT2D eigenvalue weighted by atomic mass is 32.2. The highest BCUT2D eigenvalue weighted by molar-refractivity contribution is 7.99. The maximum atomic E-state index is 12.0. The number of nitrogens with one attached hydrogen (secondary N) is 1. The lowest BCUT2D eigenvalue weighted by Gasteiger charge is -2.12. The number of carbonyl (C=O) groups is 1. The highest BCUT2D eigenvalue weighted by Gasteiger charge is 2.28. The minimum Gasteiger partial charge on any atom is -0.353 e. The summed E-state index contributed by atoms with van der Waals surface area (Å²) in [6.45, 7) is 6.17. The minimum absolute atomic E-state index is 0.0323. The number of benzene rings is 1. The average Bonchev–Trinajstić information content (AvgIpc) is 3.27. The zero-order valence-electron chi connectivity index (χ0n) is 13.6. The van der Waals surface area contributed by atoms with Crippen molar-refractivity contribution in [3.05, 3.63) is 29.3 Å². The van der Waals surface area contributed by atoms with Gasteiger partial charge in [-0.25, -0.2) is 0 Å². The molecule has 1 amide bonds. The van der Waals surface area contributed by atoms with E-state index in [4.69, 9.17) is 0 Å². The Kier molecular flexibility index (Phi) is 4.66. The molecule has 0 aliphatic heterocycles. The van der Waals surface area contributed by atoms with Crippen LogP contribution in [0.25, 0.3) is 5.69 Å². The topological polar surface area (TPSA) is 72.7 Å². The van der Waals surface area contributed by atoms with Gasteiger partial charge >= 0.3 is 0 Å². The normalized spacial score (nSPS) is 15.4. The lowest BCUT2D eigenvalue weighted by molar-refractivity contribution is -0.119. The molecule has 122 valence electrons. The molecule has 0 bridgehead atoms. The van der Waals surface area contributed by atoms with Crippen LogP contribution in [0.15, 0.2) is 23.4 Å². The minimum atomic E-state index is 0.0323. The third-order valence-corrected chi connectivity index (χ3v) is 5.21. The molecule has 0 saturated heterocycles. The van der Waals surface area contributed by atoms with Gasteiger partial charge in [-0.3, -0.25) is 4.79 Å². The molecule has 6 nitrogen and oxygen atoms in total. The van der Waals surface area contributed by atoms with Gasteiger partial charge in [-0.05, 0) is 67.2 Å². The predicted molar refractivity (Wildman–Crippen MR) is 89.7 cm³/mol. The predicted octanol–water partition coefficient (Wildman–Crippen LogP) is 2.29. The van der Waals surface area contributed by atoms with Crippen LogP contribution in [0.4, 0.5) is 0 Å². The van der Waals surface area contributed by atoms with E-state index in [2.05, 4.69) is 40.8 Å². The van der Waals surface area contributed by atoms with Crippen molar-refractivity contribution in [2.45, 2.75) is 44.8 Å². The molecule has 1 unspecified atom stereocenters. The van der Waals surface area contributed by atoms with Crippen molar-refractivity contribution >= 4 is 17.7 Å². The first kappa shape index (κ1) is 16.0. The molecular weight excluding hydrogens is 310 g/mol. The average molecular weight is 331 g/mol. The van der Waals surface area contributed by atoms with E-state index in [-0.39, 0.29) is 11.9 Å². The Bertz CT molecular complexity index is 710. The first-order chi connectivity index (χ1) is 11.1. The van der Waals surface area contributed by atoms with Crippen molar-refractivity contribution in [2.75, 3.05) is 5.75 Å². The fourth-order valence-electron chi connectivity index (χ4n) is 2.52. The number of thioether (sulfide) groups is 1. The van der Waals surface area contributed by atoms with Crippen molar-refractivity contribution in [3.8, 4) is 5.69 Å². The summed E-state index contributed by atoms with van der Waals surface area (Å²) in [5.41, 5.74) is 3.27. The molecule has 1 aromatic heterocycles. The zero-order valence-corrected chi connectivity index (χ0v) is 14.4. The van der Waals surface area contributed by atoms with Crippen LogP contribution in [0.2, 0.25) is 0 Å². The molecular formula is C16H21N5OS. The largest absolute Gasteiger partial charge is 0.353 e. The second kappa shape index (κ2) is 6.70. The van der Waals surface area contributed by atoms with Crippen molar-refractivity contribution in [3.63, 3.8) is 0 Å². The Morgan fingerprint density at radius 3 is 2.96 bits per heavy atom. The van der Waals surface area contributed by atoms with Crippen LogP contribution in [0.1, 0.15) is 30.9 Å². The number of nitrogens with zero attached hydrogens (tertiary/aromatic N) is 4. The Labute approximate surface area is 140 Å². The van der Waals surface area contributed by atoms with E-state index in [0.717, 1.165) is 11.3 Å². The molecule has 1 aliphatic rings. The van der Waals surface area contributed by atoms with Crippen LogP contribution < -0.4 is 5.32 Å². The number of amides is 1. The van der Waals surface area contributed by atoms with Gasteiger partial charge in [0.05, 0.1) is 11.4 Å². The van der Waals surface area contributed by atoms with Gasteiger partial charge in [0, 0.05) is 6.04 Å². The van der Waals surface area contributed by atoms with Gasteiger partial charge < -0.3 is 5.32 Å². The molecule has 1 saturated carbocycles. The van der Waals surface area contributed by atoms with E-state index in [1.54, 1.807) is 4.68 Å². The number of rotatable bonds is 6. The molecule has 7 heteroatoms. The molecule has 1 aliphatic carbocycles. The smallest absolute Gasteiger partial charge is 0.230 e. The SMILES string of the molecule is Cc1cccc(-n2nnnc2SCC(=O)NC(C)C2CC2)c1C. The van der Waals surface area contributed by atoms with Gasteiger partial charge in [0.1, 0.15) is 0 Å². The molecule has 2 aromatic rings. The molecule has 0 radical (unpaired) electrons. The molecule has 1 N–H and O–H groups in total. The second-order valence-corrected chi connectivity index (χ2v) is 7.02. The summed E-state index contributed by atoms with van der Waals surface area (Å²) < 4.78 is 1.70. The third-order valence-electron chi connectivity index (χ3n) is 4.30. The number of carbonyl (C=O) groups excluding carboxylic acids is 1. The first-order valence-corrected chi connectivity index (χ1v) is 8.82. The van der Waals surface area contributed by atoms with Crippen molar-refractivity contribution in [1.82, 2.24) is 25.5 Å². The summed E-state index contributed by atoms with van der Waals surface area (Å²) in [5.74, 6) is 1.01. The summed E-state index contributed by atoms with van der Waals surface area (Å²) in [4.78, 5) is 12.0.